The zero-order chi connectivity index (χ0) is 16.2. The first kappa shape index (κ1) is 15.1. The Kier molecular flexibility index (Phi) is 4.25. The molecule has 0 radical (unpaired) electrons. The van der Waals surface area contributed by atoms with Crippen molar-refractivity contribution in [3.63, 3.8) is 0 Å². The fourth-order valence-electron chi connectivity index (χ4n) is 2.81. The molecule has 3 nitrogen and oxygen atoms in total. The van der Waals surface area contributed by atoms with E-state index < -0.39 is 0 Å². The molecule has 3 heteroatoms. The molecule has 114 valence electrons. The first-order valence-electron chi connectivity index (χ1n) is 7.69. The molecular weight excluding hydrogens is 284 g/mol. The largest absolute Gasteiger partial charge is 0.481 e. The lowest BCUT2D eigenvalue weighted by Gasteiger charge is -2.12. The number of hydrogen-bond acceptors (Lipinski definition) is 3. The van der Waals surface area contributed by atoms with Crippen LogP contribution in [0.3, 0.4) is 0 Å². The monoisotopic (exact) mass is 302 g/mol. The van der Waals surface area contributed by atoms with Crippen LogP contribution in [0.2, 0.25) is 0 Å². The van der Waals surface area contributed by atoms with Crippen LogP contribution >= 0.6 is 0 Å². The van der Waals surface area contributed by atoms with Gasteiger partial charge in [-0.05, 0) is 29.7 Å². The van der Waals surface area contributed by atoms with Crippen molar-refractivity contribution in [2.75, 3.05) is 7.11 Å². The van der Waals surface area contributed by atoms with Crippen molar-refractivity contribution in [1.29, 1.82) is 5.26 Å². The maximum absolute atomic E-state index is 9.59. The number of ether oxygens (including phenoxy) is 1. The molecule has 3 aromatic rings. The van der Waals surface area contributed by atoms with Gasteiger partial charge < -0.3 is 4.74 Å². The number of nitrogens with zero attached hydrogens (tertiary/aromatic N) is 2. The van der Waals surface area contributed by atoms with Gasteiger partial charge in [0, 0.05) is 10.9 Å². The lowest BCUT2D eigenvalue weighted by molar-refractivity contribution is 0.395. The van der Waals surface area contributed by atoms with E-state index in [1.165, 1.54) is 0 Å². The second-order valence-corrected chi connectivity index (χ2v) is 5.44. The second kappa shape index (κ2) is 6.50. The number of pyridine rings is 1. The molecule has 1 atom stereocenters. The number of fused-ring (bicyclic) bond motifs is 1. The molecule has 0 aliphatic rings. The predicted octanol–water partition coefficient (Wildman–Crippen LogP) is 4.46. The van der Waals surface area contributed by atoms with Crippen LogP contribution in [0.5, 0.6) is 5.88 Å². The molecule has 0 saturated carbocycles. The summed E-state index contributed by atoms with van der Waals surface area (Å²) in [5.41, 5.74) is 3.89. The van der Waals surface area contributed by atoms with Crippen LogP contribution in [0, 0.1) is 11.3 Å². The molecule has 0 N–H and O–H groups in total. The highest BCUT2D eigenvalue weighted by atomic mass is 16.5. The van der Waals surface area contributed by atoms with Gasteiger partial charge in [0.1, 0.15) is 0 Å². The van der Waals surface area contributed by atoms with Gasteiger partial charge in [-0.15, -0.1) is 0 Å². The molecule has 1 aromatic heterocycles. The van der Waals surface area contributed by atoms with Gasteiger partial charge in [-0.25, -0.2) is 4.98 Å². The third-order valence-corrected chi connectivity index (χ3v) is 4.05. The summed E-state index contributed by atoms with van der Waals surface area (Å²) in [7, 11) is 1.64. The predicted molar refractivity (Wildman–Crippen MR) is 91.6 cm³/mol. The van der Waals surface area contributed by atoms with E-state index in [-0.39, 0.29) is 5.92 Å². The molecule has 0 aliphatic carbocycles. The number of rotatable bonds is 4. The van der Waals surface area contributed by atoms with Gasteiger partial charge in [-0.1, -0.05) is 49.4 Å². The summed E-state index contributed by atoms with van der Waals surface area (Å²) in [5, 5.41) is 10.7. The third-order valence-electron chi connectivity index (χ3n) is 4.05. The van der Waals surface area contributed by atoms with Crippen molar-refractivity contribution in [2.45, 2.75) is 19.3 Å². The van der Waals surface area contributed by atoms with E-state index in [2.05, 4.69) is 24.0 Å². The van der Waals surface area contributed by atoms with Crippen molar-refractivity contribution in [3.05, 3.63) is 71.3 Å². The Labute approximate surface area is 136 Å². The van der Waals surface area contributed by atoms with Crippen LogP contribution in [-0.4, -0.2) is 12.1 Å². The minimum Gasteiger partial charge on any atom is -0.481 e. The van der Waals surface area contributed by atoms with Crippen LogP contribution in [0.15, 0.2) is 54.6 Å². The molecule has 0 bridgehead atoms. The average molecular weight is 302 g/mol. The fourth-order valence-corrected chi connectivity index (χ4v) is 2.81. The Morgan fingerprint density at radius 3 is 2.52 bits per heavy atom. The molecular formula is C20H18N2O. The Hall–Kier alpha value is -2.86. The summed E-state index contributed by atoms with van der Waals surface area (Å²) >= 11 is 0. The normalized spacial score (nSPS) is 11.9. The Morgan fingerprint density at radius 2 is 1.87 bits per heavy atom. The molecule has 0 amide bonds. The number of hydrogen-bond donors (Lipinski definition) is 0. The number of benzene rings is 2. The first-order chi connectivity index (χ1) is 11.3. The fraction of sp³-hybridized carbons (Fsp3) is 0.200. The van der Waals surface area contributed by atoms with E-state index in [9.17, 15) is 5.26 Å². The van der Waals surface area contributed by atoms with Crippen LogP contribution < -0.4 is 4.74 Å². The molecule has 1 heterocycles. The van der Waals surface area contributed by atoms with Crippen LogP contribution in [0.4, 0.5) is 0 Å². The van der Waals surface area contributed by atoms with E-state index >= 15 is 0 Å². The molecule has 0 spiro atoms. The van der Waals surface area contributed by atoms with Crippen LogP contribution in [0.1, 0.15) is 29.5 Å². The summed E-state index contributed by atoms with van der Waals surface area (Å²) < 4.78 is 5.38. The smallest absolute Gasteiger partial charge is 0.216 e. The number of aryl methyl sites for hydroxylation is 1. The lowest BCUT2D eigenvalue weighted by atomic mass is 9.92. The summed E-state index contributed by atoms with van der Waals surface area (Å²) in [5.74, 6) is 0.365. The van der Waals surface area contributed by atoms with Crippen LogP contribution in [-0.2, 0) is 6.42 Å². The van der Waals surface area contributed by atoms with Crippen LogP contribution in [0.25, 0.3) is 10.9 Å². The van der Waals surface area contributed by atoms with Crippen molar-refractivity contribution < 1.29 is 4.74 Å². The van der Waals surface area contributed by atoms with E-state index in [4.69, 9.17) is 4.74 Å². The molecule has 0 saturated heterocycles. The topological polar surface area (TPSA) is 45.9 Å². The average Bonchev–Trinajstić information content (AvgIpc) is 2.62. The number of aromatic nitrogens is 1. The zero-order valence-electron chi connectivity index (χ0n) is 13.3. The summed E-state index contributed by atoms with van der Waals surface area (Å²) in [6, 6.07) is 20.3. The van der Waals surface area contributed by atoms with Gasteiger partial charge >= 0.3 is 0 Å². The Balaban J connectivity index is 2.10. The zero-order valence-corrected chi connectivity index (χ0v) is 13.3. The van der Waals surface area contributed by atoms with Gasteiger partial charge in [-0.3, -0.25) is 0 Å². The quantitative estimate of drug-likeness (QED) is 0.714. The standard InChI is InChI=1S/C20H18N2O/c1-3-14-11-17-10-9-16(12-19(17)22-20(14)23-2)18(13-21)15-7-5-4-6-8-15/h4-12,18H,3H2,1-2H3. The molecule has 2 aromatic carbocycles. The lowest BCUT2D eigenvalue weighted by Crippen LogP contribution is -1.99. The highest BCUT2D eigenvalue weighted by molar-refractivity contribution is 5.81. The molecule has 23 heavy (non-hydrogen) atoms. The van der Waals surface area contributed by atoms with E-state index in [0.717, 1.165) is 34.0 Å². The van der Waals surface area contributed by atoms with E-state index in [0.29, 0.717) is 5.88 Å². The first-order valence-corrected chi connectivity index (χ1v) is 7.69. The van der Waals surface area contributed by atoms with E-state index in [1.54, 1.807) is 7.11 Å². The molecule has 1 unspecified atom stereocenters. The second-order valence-electron chi connectivity index (χ2n) is 5.44. The minimum absolute atomic E-state index is 0.292. The SMILES string of the molecule is CCc1cc2ccc(C(C#N)c3ccccc3)cc2nc1OC. The maximum Gasteiger partial charge on any atom is 0.216 e. The van der Waals surface area contributed by atoms with Gasteiger partial charge in [-0.2, -0.15) is 5.26 Å². The molecule has 0 fully saturated rings. The van der Waals surface area contributed by atoms with Gasteiger partial charge in [0.2, 0.25) is 5.88 Å². The Bertz CT molecular complexity index is 866. The summed E-state index contributed by atoms with van der Waals surface area (Å²) in [6.45, 7) is 2.08. The van der Waals surface area contributed by atoms with Crippen molar-refractivity contribution in [2.24, 2.45) is 0 Å². The Morgan fingerprint density at radius 1 is 1.09 bits per heavy atom. The summed E-state index contributed by atoms with van der Waals surface area (Å²) in [6.07, 6.45) is 0.874. The van der Waals surface area contributed by atoms with Crippen molar-refractivity contribution >= 4 is 10.9 Å². The van der Waals surface area contributed by atoms with Gasteiger partial charge in [0.05, 0.1) is 24.6 Å². The van der Waals surface area contributed by atoms with Gasteiger partial charge in [0.15, 0.2) is 0 Å². The molecule has 3 rings (SSSR count). The minimum atomic E-state index is -0.292. The van der Waals surface area contributed by atoms with E-state index in [1.807, 2.05) is 48.5 Å². The van der Waals surface area contributed by atoms with Gasteiger partial charge in [0.25, 0.3) is 0 Å². The highest BCUT2D eigenvalue weighted by Crippen LogP contribution is 2.29. The molecule has 0 aliphatic heterocycles. The maximum atomic E-state index is 9.59. The highest BCUT2D eigenvalue weighted by Gasteiger charge is 2.14. The number of methoxy groups -OCH3 is 1. The van der Waals surface area contributed by atoms with Crippen molar-refractivity contribution in [3.8, 4) is 11.9 Å². The number of nitriles is 1. The van der Waals surface area contributed by atoms with Crippen molar-refractivity contribution in [1.82, 2.24) is 4.98 Å². The summed E-state index contributed by atoms with van der Waals surface area (Å²) in [4.78, 5) is 4.60. The third kappa shape index (κ3) is 2.89.